The normalized spacial score (nSPS) is 17.4. The number of piperazine rings is 1. The Morgan fingerprint density at radius 1 is 1.25 bits per heavy atom. The number of likely N-dealkylation sites (N-methyl/N-ethyl adjacent to an activating group) is 1. The maximum Gasteiger partial charge on any atom is 0.254 e. The molecule has 4 heteroatoms. The lowest BCUT2D eigenvalue weighted by atomic mass is 10.2. The maximum absolute atomic E-state index is 12.1. The van der Waals surface area contributed by atoms with Crippen molar-refractivity contribution in [3.05, 3.63) is 30.1 Å². The van der Waals surface area contributed by atoms with E-state index in [4.69, 9.17) is 0 Å². The third-order valence-electron chi connectivity index (χ3n) is 3.03. The Hall–Kier alpha value is -1.42. The predicted octanol–water partition coefficient (Wildman–Crippen LogP) is 0.859. The fourth-order valence-corrected chi connectivity index (χ4v) is 1.94. The molecule has 1 aliphatic rings. The van der Waals surface area contributed by atoms with Gasteiger partial charge in [0.1, 0.15) is 0 Å². The summed E-state index contributed by atoms with van der Waals surface area (Å²) >= 11 is 0. The largest absolute Gasteiger partial charge is 0.336 e. The number of aromatic nitrogens is 1. The number of nitrogens with zero attached hydrogens (tertiary/aromatic N) is 3. The number of pyridine rings is 1. The molecule has 2 heterocycles. The van der Waals surface area contributed by atoms with E-state index in [2.05, 4.69) is 16.8 Å². The van der Waals surface area contributed by atoms with Crippen LogP contribution < -0.4 is 0 Å². The van der Waals surface area contributed by atoms with Gasteiger partial charge in [-0.05, 0) is 18.7 Å². The van der Waals surface area contributed by atoms with Crippen LogP contribution in [-0.2, 0) is 0 Å². The van der Waals surface area contributed by atoms with E-state index in [-0.39, 0.29) is 5.91 Å². The summed E-state index contributed by atoms with van der Waals surface area (Å²) < 4.78 is 0. The summed E-state index contributed by atoms with van der Waals surface area (Å²) in [6.45, 7) is 6.84. The second-order valence-electron chi connectivity index (χ2n) is 3.96. The van der Waals surface area contributed by atoms with Gasteiger partial charge in [-0.15, -0.1) is 0 Å². The minimum Gasteiger partial charge on any atom is -0.336 e. The van der Waals surface area contributed by atoms with Crippen molar-refractivity contribution < 1.29 is 4.79 Å². The number of rotatable bonds is 2. The van der Waals surface area contributed by atoms with Gasteiger partial charge in [0.2, 0.25) is 0 Å². The molecule has 1 aromatic rings. The molecule has 0 N–H and O–H groups in total. The molecular weight excluding hydrogens is 202 g/mol. The van der Waals surface area contributed by atoms with Crippen molar-refractivity contribution in [1.82, 2.24) is 14.8 Å². The highest BCUT2D eigenvalue weighted by Gasteiger charge is 2.20. The molecule has 0 spiro atoms. The van der Waals surface area contributed by atoms with Crippen LogP contribution in [0.4, 0.5) is 0 Å². The van der Waals surface area contributed by atoms with E-state index < -0.39 is 0 Å². The molecule has 1 fully saturated rings. The van der Waals surface area contributed by atoms with Crippen molar-refractivity contribution >= 4 is 5.91 Å². The molecule has 0 aliphatic carbocycles. The van der Waals surface area contributed by atoms with Gasteiger partial charge in [-0.2, -0.15) is 0 Å². The lowest BCUT2D eigenvalue weighted by Crippen LogP contribution is -2.48. The van der Waals surface area contributed by atoms with Crippen molar-refractivity contribution in [2.24, 2.45) is 0 Å². The Morgan fingerprint density at radius 2 is 1.88 bits per heavy atom. The van der Waals surface area contributed by atoms with Gasteiger partial charge in [0.25, 0.3) is 5.91 Å². The molecule has 0 bridgehead atoms. The van der Waals surface area contributed by atoms with E-state index in [1.165, 1.54) is 0 Å². The number of hydrogen-bond acceptors (Lipinski definition) is 3. The lowest BCUT2D eigenvalue weighted by Gasteiger charge is -2.34. The molecule has 16 heavy (non-hydrogen) atoms. The summed E-state index contributed by atoms with van der Waals surface area (Å²) in [5, 5.41) is 0. The average molecular weight is 219 g/mol. The van der Waals surface area contributed by atoms with Crippen LogP contribution in [0.2, 0.25) is 0 Å². The Kier molecular flexibility index (Phi) is 3.51. The predicted molar refractivity (Wildman–Crippen MR) is 62.3 cm³/mol. The fraction of sp³-hybridized carbons (Fsp3) is 0.500. The summed E-state index contributed by atoms with van der Waals surface area (Å²) in [5.41, 5.74) is 0.736. The highest BCUT2D eigenvalue weighted by atomic mass is 16.2. The first-order valence-corrected chi connectivity index (χ1v) is 5.73. The van der Waals surface area contributed by atoms with Crippen LogP contribution in [0.15, 0.2) is 24.5 Å². The van der Waals surface area contributed by atoms with E-state index in [0.29, 0.717) is 0 Å². The summed E-state index contributed by atoms with van der Waals surface area (Å²) in [6, 6.07) is 3.54. The molecule has 0 radical (unpaired) electrons. The summed E-state index contributed by atoms with van der Waals surface area (Å²) in [6.07, 6.45) is 3.32. The van der Waals surface area contributed by atoms with Crippen molar-refractivity contribution in [2.75, 3.05) is 32.7 Å². The van der Waals surface area contributed by atoms with Crippen LogP contribution in [0.1, 0.15) is 17.3 Å². The van der Waals surface area contributed by atoms with Crippen LogP contribution in [0.5, 0.6) is 0 Å². The van der Waals surface area contributed by atoms with E-state index in [0.717, 1.165) is 38.3 Å². The van der Waals surface area contributed by atoms with E-state index in [1.807, 2.05) is 4.90 Å². The van der Waals surface area contributed by atoms with Crippen LogP contribution in [0.25, 0.3) is 0 Å². The number of carbonyl (C=O) groups is 1. The van der Waals surface area contributed by atoms with E-state index in [1.54, 1.807) is 24.5 Å². The maximum atomic E-state index is 12.1. The van der Waals surface area contributed by atoms with Gasteiger partial charge < -0.3 is 9.80 Å². The van der Waals surface area contributed by atoms with Gasteiger partial charge >= 0.3 is 0 Å². The fourth-order valence-electron chi connectivity index (χ4n) is 1.94. The molecule has 0 atom stereocenters. The first-order valence-electron chi connectivity index (χ1n) is 5.73. The highest BCUT2D eigenvalue weighted by molar-refractivity contribution is 5.94. The third-order valence-corrected chi connectivity index (χ3v) is 3.03. The van der Waals surface area contributed by atoms with Crippen LogP contribution in [0, 0.1) is 0 Å². The third kappa shape index (κ3) is 2.39. The van der Waals surface area contributed by atoms with Gasteiger partial charge in [0.15, 0.2) is 0 Å². The summed E-state index contributed by atoms with van der Waals surface area (Å²) in [7, 11) is 0. The number of hydrogen-bond donors (Lipinski definition) is 0. The lowest BCUT2D eigenvalue weighted by molar-refractivity contribution is 0.0643. The first kappa shape index (κ1) is 11.1. The SMILES string of the molecule is CCN1CCN(C(=O)c2ccncc2)CC1. The molecule has 86 valence electrons. The van der Waals surface area contributed by atoms with Gasteiger partial charge in [-0.1, -0.05) is 6.92 Å². The van der Waals surface area contributed by atoms with Crippen LogP contribution in [0.3, 0.4) is 0 Å². The standard InChI is InChI=1S/C12H17N3O/c1-2-14-7-9-15(10-8-14)12(16)11-3-5-13-6-4-11/h3-6H,2,7-10H2,1H3. The first-order chi connectivity index (χ1) is 7.81. The average Bonchev–Trinajstić information content (AvgIpc) is 2.39. The molecule has 0 unspecified atom stereocenters. The van der Waals surface area contributed by atoms with Gasteiger partial charge in [-0.3, -0.25) is 9.78 Å². The Balaban J connectivity index is 1.97. The monoisotopic (exact) mass is 219 g/mol. The number of amides is 1. The molecule has 1 aliphatic heterocycles. The van der Waals surface area contributed by atoms with Crippen molar-refractivity contribution in [2.45, 2.75) is 6.92 Å². The molecule has 0 aromatic carbocycles. The van der Waals surface area contributed by atoms with E-state index >= 15 is 0 Å². The minimum absolute atomic E-state index is 0.123. The Labute approximate surface area is 95.9 Å². The molecule has 4 nitrogen and oxygen atoms in total. The molecule has 1 saturated heterocycles. The zero-order chi connectivity index (χ0) is 11.4. The molecule has 0 saturated carbocycles. The number of carbonyl (C=O) groups excluding carboxylic acids is 1. The van der Waals surface area contributed by atoms with Crippen molar-refractivity contribution in [3.63, 3.8) is 0 Å². The molecule has 2 rings (SSSR count). The zero-order valence-corrected chi connectivity index (χ0v) is 9.59. The van der Waals surface area contributed by atoms with Gasteiger partial charge in [-0.25, -0.2) is 0 Å². The summed E-state index contributed by atoms with van der Waals surface area (Å²) in [4.78, 5) is 20.3. The van der Waals surface area contributed by atoms with Crippen LogP contribution in [-0.4, -0.2) is 53.4 Å². The highest BCUT2D eigenvalue weighted by Crippen LogP contribution is 2.07. The Bertz CT molecular complexity index is 345. The second-order valence-corrected chi connectivity index (χ2v) is 3.96. The molecular formula is C12H17N3O. The quantitative estimate of drug-likeness (QED) is 0.740. The topological polar surface area (TPSA) is 36.4 Å². The Morgan fingerprint density at radius 3 is 2.44 bits per heavy atom. The zero-order valence-electron chi connectivity index (χ0n) is 9.59. The van der Waals surface area contributed by atoms with E-state index in [9.17, 15) is 4.79 Å². The van der Waals surface area contributed by atoms with Gasteiger partial charge in [0.05, 0.1) is 0 Å². The smallest absolute Gasteiger partial charge is 0.254 e. The van der Waals surface area contributed by atoms with Crippen molar-refractivity contribution in [1.29, 1.82) is 0 Å². The second kappa shape index (κ2) is 5.07. The summed E-state index contributed by atoms with van der Waals surface area (Å²) in [5.74, 6) is 0.123. The van der Waals surface area contributed by atoms with Crippen LogP contribution >= 0.6 is 0 Å². The molecule has 1 amide bonds. The van der Waals surface area contributed by atoms with Crippen molar-refractivity contribution in [3.8, 4) is 0 Å². The molecule has 1 aromatic heterocycles. The minimum atomic E-state index is 0.123. The van der Waals surface area contributed by atoms with Gasteiger partial charge in [0, 0.05) is 44.1 Å².